The van der Waals surface area contributed by atoms with Crippen molar-refractivity contribution in [1.29, 1.82) is 0 Å². The molecule has 38 heavy (non-hydrogen) atoms. The molecular weight excluding hydrogens is 484 g/mol. The Labute approximate surface area is 220 Å². The van der Waals surface area contributed by atoms with Gasteiger partial charge in [0.1, 0.15) is 5.71 Å². The lowest BCUT2D eigenvalue weighted by Crippen LogP contribution is -2.20. The van der Waals surface area contributed by atoms with Crippen LogP contribution in [0.1, 0.15) is 78.8 Å². The van der Waals surface area contributed by atoms with E-state index in [0.29, 0.717) is 29.2 Å². The Bertz CT molecular complexity index is 1490. The molecule has 5 rings (SSSR count). The predicted octanol–water partition coefficient (Wildman–Crippen LogP) is 6.71. The molecule has 2 heterocycles. The average Bonchev–Trinajstić information content (AvgIpc) is 3.57. The molecular formula is C30H32N2O6. The standard InChI is InChI=1S/C28H28N2O4.C2H4O2/c1-2-30-24-12-10-19(27(31)23(29-33)15-18-7-4-3-5-8-18)16-21(24)22-17-20(11-13-25(22)30)28(32)26-9-6-14-34-26;1-2(3)4/h6,9-14,16-18,33H,2-5,7-8,15H2,1H3;1H3,(H,3,4). The molecule has 0 atom stereocenters. The number of hydrogen-bond acceptors (Lipinski definition) is 6. The first kappa shape index (κ1) is 26.9. The zero-order valence-electron chi connectivity index (χ0n) is 21.6. The highest BCUT2D eigenvalue weighted by Crippen LogP contribution is 2.32. The number of furan rings is 1. The fourth-order valence-electron chi connectivity index (χ4n) is 5.29. The van der Waals surface area contributed by atoms with Crippen LogP contribution in [0.3, 0.4) is 0 Å². The number of carbonyl (C=O) groups excluding carboxylic acids is 2. The van der Waals surface area contributed by atoms with Gasteiger partial charge in [-0.1, -0.05) is 37.3 Å². The Kier molecular flexibility index (Phi) is 8.41. The number of aromatic nitrogens is 1. The van der Waals surface area contributed by atoms with Crippen LogP contribution in [-0.4, -0.2) is 38.1 Å². The molecule has 1 aliphatic rings. The monoisotopic (exact) mass is 516 g/mol. The Morgan fingerprint density at radius 2 is 1.58 bits per heavy atom. The van der Waals surface area contributed by atoms with Crippen molar-refractivity contribution in [3.05, 3.63) is 71.7 Å². The summed E-state index contributed by atoms with van der Waals surface area (Å²) in [6.45, 7) is 3.91. The van der Waals surface area contributed by atoms with Gasteiger partial charge < -0.3 is 19.3 Å². The van der Waals surface area contributed by atoms with E-state index in [2.05, 4.69) is 16.6 Å². The third-order valence-corrected chi connectivity index (χ3v) is 7.04. The lowest BCUT2D eigenvalue weighted by Gasteiger charge is -2.21. The molecule has 0 bridgehead atoms. The van der Waals surface area contributed by atoms with Crippen LogP contribution in [0.2, 0.25) is 0 Å². The molecule has 0 aliphatic heterocycles. The fourth-order valence-corrected chi connectivity index (χ4v) is 5.29. The minimum atomic E-state index is -0.833. The van der Waals surface area contributed by atoms with Gasteiger partial charge in [0.05, 0.1) is 6.26 Å². The van der Waals surface area contributed by atoms with E-state index in [9.17, 15) is 14.8 Å². The van der Waals surface area contributed by atoms with Crippen LogP contribution in [0.25, 0.3) is 21.8 Å². The van der Waals surface area contributed by atoms with Crippen molar-refractivity contribution in [3.8, 4) is 0 Å². The number of oxime groups is 1. The quantitative estimate of drug-likeness (QED) is 0.122. The summed E-state index contributed by atoms with van der Waals surface area (Å²) in [4.78, 5) is 35.1. The van der Waals surface area contributed by atoms with Gasteiger partial charge in [0.25, 0.3) is 5.97 Å². The second-order valence-corrected chi connectivity index (χ2v) is 9.62. The van der Waals surface area contributed by atoms with Crippen molar-refractivity contribution in [2.75, 3.05) is 0 Å². The molecule has 1 aliphatic carbocycles. The zero-order chi connectivity index (χ0) is 27.2. The van der Waals surface area contributed by atoms with E-state index >= 15 is 0 Å². The third-order valence-electron chi connectivity index (χ3n) is 7.04. The van der Waals surface area contributed by atoms with Gasteiger partial charge in [-0.05, 0) is 67.8 Å². The normalized spacial score (nSPS) is 14.3. The van der Waals surface area contributed by atoms with Crippen molar-refractivity contribution in [1.82, 2.24) is 4.57 Å². The smallest absolute Gasteiger partial charge is 0.300 e. The van der Waals surface area contributed by atoms with E-state index in [1.54, 1.807) is 18.2 Å². The van der Waals surface area contributed by atoms with E-state index in [-0.39, 0.29) is 17.3 Å². The zero-order valence-corrected chi connectivity index (χ0v) is 21.6. The number of aryl methyl sites for hydroxylation is 1. The van der Waals surface area contributed by atoms with Crippen LogP contribution in [0.5, 0.6) is 0 Å². The highest BCUT2D eigenvalue weighted by molar-refractivity contribution is 6.46. The Balaban J connectivity index is 0.000000786. The first-order valence-electron chi connectivity index (χ1n) is 12.9. The van der Waals surface area contributed by atoms with Gasteiger partial charge >= 0.3 is 0 Å². The molecule has 0 amide bonds. The fraction of sp³-hybridized carbons (Fsp3) is 0.333. The number of benzene rings is 2. The summed E-state index contributed by atoms with van der Waals surface area (Å²) in [6, 6.07) is 14.6. The summed E-state index contributed by atoms with van der Waals surface area (Å²) in [5, 5.41) is 22.2. The molecule has 1 fully saturated rings. The molecule has 2 aromatic carbocycles. The van der Waals surface area contributed by atoms with Crippen molar-refractivity contribution in [2.45, 2.75) is 58.9 Å². The Morgan fingerprint density at radius 1 is 0.974 bits per heavy atom. The lowest BCUT2D eigenvalue weighted by molar-refractivity contribution is -0.134. The number of nitrogens with zero attached hydrogens (tertiary/aromatic N) is 2. The van der Waals surface area contributed by atoms with Gasteiger partial charge in [-0.15, -0.1) is 0 Å². The molecule has 2 aromatic heterocycles. The molecule has 0 saturated heterocycles. The van der Waals surface area contributed by atoms with E-state index in [1.807, 2.05) is 30.3 Å². The van der Waals surface area contributed by atoms with Gasteiger partial charge in [-0.2, -0.15) is 0 Å². The number of Topliss-reactive ketones (excluding diaryl/α,β-unsaturated/α-hetero) is 1. The summed E-state index contributed by atoms with van der Waals surface area (Å²) >= 11 is 0. The molecule has 8 nitrogen and oxygen atoms in total. The van der Waals surface area contributed by atoms with Crippen LogP contribution < -0.4 is 0 Å². The second kappa shape index (κ2) is 11.9. The second-order valence-electron chi connectivity index (χ2n) is 9.62. The summed E-state index contributed by atoms with van der Waals surface area (Å²) in [6.07, 6.45) is 7.70. The summed E-state index contributed by atoms with van der Waals surface area (Å²) in [5.74, 6) is -0.570. The Hall–Kier alpha value is -4.20. The maximum absolute atomic E-state index is 13.3. The van der Waals surface area contributed by atoms with Gasteiger partial charge in [-0.3, -0.25) is 14.4 Å². The average molecular weight is 517 g/mol. The number of carboxylic acids is 1. The van der Waals surface area contributed by atoms with E-state index in [4.69, 9.17) is 14.3 Å². The predicted molar refractivity (Wildman–Crippen MR) is 145 cm³/mol. The SMILES string of the molecule is CC(=O)O.CCn1c2ccc(C(=O)C(CC3CCCCC3)=NO)cc2c2cc(C(=O)c3ccco3)ccc21. The number of carbonyl (C=O) groups is 3. The molecule has 0 spiro atoms. The molecule has 2 N–H and O–H groups in total. The molecule has 0 radical (unpaired) electrons. The van der Waals surface area contributed by atoms with E-state index in [1.165, 1.54) is 25.5 Å². The van der Waals surface area contributed by atoms with Crippen molar-refractivity contribution in [2.24, 2.45) is 11.1 Å². The van der Waals surface area contributed by atoms with Crippen molar-refractivity contribution >= 4 is 45.1 Å². The van der Waals surface area contributed by atoms with E-state index in [0.717, 1.165) is 48.1 Å². The maximum Gasteiger partial charge on any atom is 0.300 e. The number of ketones is 2. The van der Waals surface area contributed by atoms with Crippen LogP contribution in [0.15, 0.2) is 64.4 Å². The number of rotatable bonds is 7. The first-order chi connectivity index (χ1) is 18.3. The van der Waals surface area contributed by atoms with Gasteiger partial charge in [0.2, 0.25) is 11.6 Å². The minimum absolute atomic E-state index is 0.182. The van der Waals surface area contributed by atoms with Crippen LogP contribution >= 0.6 is 0 Å². The topological polar surface area (TPSA) is 122 Å². The molecule has 1 saturated carbocycles. The largest absolute Gasteiger partial charge is 0.481 e. The van der Waals surface area contributed by atoms with Gasteiger partial charge in [0, 0.05) is 46.4 Å². The van der Waals surface area contributed by atoms with Crippen LogP contribution in [0, 0.1) is 5.92 Å². The van der Waals surface area contributed by atoms with Crippen molar-refractivity contribution < 1.29 is 29.1 Å². The van der Waals surface area contributed by atoms with E-state index < -0.39 is 5.97 Å². The molecule has 0 unspecified atom stereocenters. The lowest BCUT2D eigenvalue weighted by atomic mass is 9.84. The van der Waals surface area contributed by atoms with Crippen molar-refractivity contribution in [3.63, 3.8) is 0 Å². The number of fused-ring (bicyclic) bond motifs is 3. The molecule has 198 valence electrons. The maximum atomic E-state index is 13.3. The van der Waals surface area contributed by atoms with Gasteiger partial charge in [-0.25, -0.2) is 0 Å². The highest BCUT2D eigenvalue weighted by Gasteiger charge is 2.23. The summed E-state index contributed by atoms with van der Waals surface area (Å²) in [7, 11) is 0. The summed E-state index contributed by atoms with van der Waals surface area (Å²) in [5.41, 5.74) is 3.24. The molecule has 8 heteroatoms. The number of hydrogen-bond donors (Lipinski definition) is 2. The first-order valence-corrected chi connectivity index (χ1v) is 12.9. The van der Waals surface area contributed by atoms with Crippen LogP contribution in [0.4, 0.5) is 0 Å². The third kappa shape index (κ3) is 5.69. The minimum Gasteiger partial charge on any atom is -0.481 e. The van der Waals surface area contributed by atoms with Crippen LogP contribution in [-0.2, 0) is 11.3 Å². The number of aliphatic carboxylic acids is 1. The van der Waals surface area contributed by atoms with Gasteiger partial charge in [0.15, 0.2) is 5.76 Å². The Morgan fingerprint density at radius 3 is 2.13 bits per heavy atom. The summed E-state index contributed by atoms with van der Waals surface area (Å²) < 4.78 is 7.46. The molecule has 4 aromatic rings. The highest BCUT2D eigenvalue weighted by atomic mass is 16.4. The number of carboxylic acid groups (broad SMARTS) is 1.